The summed E-state index contributed by atoms with van der Waals surface area (Å²) in [5, 5.41) is 3.43. The van der Waals surface area contributed by atoms with Crippen molar-refractivity contribution in [1.29, 1.82) is 0 Å². The van der Waals surface area contributed by atoms with Crippen LogP contribution in [0.4, 0.5) is 0 Å². The van der Waals surface area contributed by atoms with Crippen molar-refractivity contribution in [3.8, 4) is 0 Å². The fourth-order valence-corrected chi connectivity index (χ4v) is 3.63. The number of nitrogens with two attached hydrogens (primary N) is 1. The summed E-state index contributed by atoms with van der Waals surface area (Å²) in [6.07, 6.45) is 9.47. The Morgan fingerprint density at radius 2 is 1.81 bits per heavy atom. The number of hydrogen-bond acceptors (Lipinski definition) is 3. The van der Waals surface area contributed by atoms with E-state index >= 15 is 0 Å². The van der Waals surface area contributed by atoms with E-state index in [4.69, 9.17) is 5.73 Å². The van der Waals surface area contributed by atoms with Gasteiger partial charge in [-0.25, -0.2) is 0 Å². The fraction of sp³-hybridized carbons (Fsp3) is 0.941. The average molecular weight is 295 g/mol. The quantitative estimate of drug-likeness (QED) is 0.676. The number of nitrogens with zero attached hydrogens (tertiary/aromatic N) is 1. The number of carbonyl (C=O) groups excluding carboxylic acids is 1. The van der Waals surface area contributed by atoms with E-state index < -0.39 is 5.54 Å². The number of primary amides is 1. The van der Waals surface area contributed by atoms with Crippen LogP contribution < -0.4 is 11.1 Å². The minimum Gasteiger partial charge on any atom is -0.368 e. The van der Waals surface area contributed by atoms with Crippen LogP contribution in [0.2, 0.25) is 0 Å². The molecule has 1 unspecified atom stereocenters. The summed E-state index contributed by atoms with van der Waals surface area (Å²) in [6, 6.07) is 1.94. The Morgan fingerprint density at radius 3 is 2.33 bits per heavy atom. The number of amides is 1. The Kier molecular flexibility index (Phi) is 5.67. The van der Waals surface area contributed by atoms with Gasteiger partial charge >= 0.3 is 0 Å². The molecule has 1 heterocycles. The summed E-state index contributed by atoms with van der Waals surface area (Å²) in [7, 11) is 0. The SMILES string of the molecule is C[C@@H]1CCC[C@H](C)N1CCCCC(C)(NC1CC1)C(N)=O. The highest BCUT2D eigenvalue weighted by atomic mass is 16.1. The fourth-order valence-electron chi connectivity index (χ4n) is 3.63. The molecule has 1 saturated heterocycles. The Balaban J connectivity index is 1.73. The van der Waals surface area contributed by atoms with E-state index in [2.05, 4.69) is 24.1 Å². The van der Waals surface area contributed by atoms with Gasteiger partial charge in [0.05, 0.1) is 5.54 Å². The second-order valence-electron chi connectivity index (χ2n) is 7.44. The molecular weight excluding hydrogens is 262 g/mol. The van der Waals surface area contributed by atoms with Gasteiger partial charge < -0.3 is 11.1 Å². The molecule has 0 spiro atoms. The zero-order valence-corrected chi connectivity index (χ0v) is 14.0. The van der Waals surface area contributed by atoms with Crippen molar-refractivity contribution in [3.63, 3.8) is 0 Å². The van der Waals surface area contributed by atoms with Crippen molar-refractivity contribution >= 4 is 5.91 Å². The number of rotatable bonds is 8. The van der Waals surface area contributed by atoms with Crippen LogP contribution in [0.5, 0.6) is 0 Å². The van der Waals surface area contributed by atoms with E-state index in [1.807, 2.05) is 6.92 Å². The summed E-state index contributed by atoms with van der Waals surface area (Å²) < 4.78 is 0. The highest BCUT2D eigenvalue weighted by molar-refractivity contribution is 5.84. The molecule has 1 aliphatic heterocycles. The summed E-state index contributed by atoms with van der Waals surface area (Å²) >= 11 is 0. The smallest absolute Gasteiger partial charge is 0.237 e. The minimum absolute atomic E-state index is 0.200. The van der Waals surface area contributed by atoms with Gasteiger partial charge in [-0.05, 0) is 72.3 Å². The van der Waals surface area contributed by atoms with Crippen LogP contribution in [0, 0.1) is 0 Å². The van der Waals surface area contributed by atoms with Crippen molar-refractivity contribution < 1.29 is 4.79 Å². The zero-order valence-electron chi connectivity index (χ0n) is 14.0. The van der Waals surface area contributed by atoms with Gasteiger partial charge in [-0.1, -0.05) is 6.42 Å². The standard InChI is InChI=1S/C17H33N3O/c1-13-7-6-8-14(2)20(13)12-5-4-11-17(3,16(18)21)19-15-9-10-15/h13-15,19H,4-12H2,1-3H3,(H2,18,21)/t13-,14+,17?. The molecule has 21 heavy (non-hydrogen) atoms. The first kappa shape index (κ1) is 16.8. The van der Waals surface area contributed by atoms with E-state index in [-0.39, 0.29) is 5.91 Å². The summed E-state index contributed by atoms with van der Waals surface area (Å²) in [5.74, 6) is -0.200. The number of hydrogen-bond donors (Lipinski definition) is 2. The molecule has 2 aliphatic rings. The van der Waals surface area contributed by atoms with E-state index in [9.17, 15) is 4.79 Å². The van der Waals surface area contributed by atoms with Crippen LogP contribution in [0.25, 0.3) is 0 Å². The lowest BCUT2D eigenvalue weighted by Gasteiger charge is -2.39. The summed E-state index contributed by atoms with van der Waals surface area (Å²) in [4.78, 5) is 14.4. The van der Waals surface area contributed by atoms with Crippen LogP contribution in [0.15, 0.2) is 0 Å². The first-order valence-corrected chi connectivity index (χ1v) is 8.76. The van der Waals surface area contributed by atoms with Crippen LogP contribution >= 0.6 is 0 Å². The lowest BCUT2D eigenvalue weighted by Crippen LogP contribution is -2.54. The number of piperidine rings is 1. The first-order chi connectivity index (χ1) is 9.92. The molecule has 122 valence electrons. The molecule has 0 aromatic rings. The number of nitrogens with one attached hydrogen (secondary N) is 1. The molecule has 2 fully saturated rings. The van der Waals surface area contributed by atoms with Gasteiger partial charge in [0.25, 0.3) is 0 Å². The van der Waals surface area contributed by atoms with Crippen molar-refractivity contribution in [1.82, 2.24) is 10.2 Å². The van der Waals surface area contributed by atoms with Gasteiger partial charge in [-0.15, -0.1) is 0 Å². The van der Waals surface area contributed by atoms with Gasteiger partial charge in [-0.3, -0.25) is 9.69 Å². The van der Waals surface area contributed by atoms with Gasteiger partial charge in [0.1, 0.15) is 0 Å². The van der Waals surface area contributed by atoms with Gasteiger partial charge in [0, 0.05) is 18.1 Å². The third kappa shape index (κ3) is 4.68. The Morgan fingerprint density at radius 1 is 1.19 bits per heavy atom. The van der Waals surface area contributed by atoms with Gasteiger partial charge in [-0.2, -0.15) is 0 Å². The first-order valence-electron chi connectivity index (χ1n) is 8.76. The predicted octanol–water partition coefficient (Wildman–Crippen LogP) is 2.42. The van der Waals surface area contributed by atoms with Crippen molar-refractivity contribution in [3.05, 3.63) is 0 Å². The summed E-state index contributed by atoms with van der Waals surface area (Å²) in [6.45, 7) is 7.82. The highest BCUT2D eigenvalue weighted by Crippen LogP contribution is 2.26. The maximum Gasteiger partial charge on any atom is 0.237 e. The molecule has 2 rings (SSSR count). The molecule has 0 aromatic carbocycles. The second kappa shape index (κ2) is 7.10. The van der Waals surface area contributed by atoms with Crippen LogP contribution in [-0.4, -0.2) is 41.0 Å². The second-order valence-corrected chi connectivity index (χ2v) is 7.44. The van der Waals surface area contributed by atoms with E-state index in [1.54, 1.807) is 0 Å². The molecule has 1 saturated carbocycles. The molecule has 4 nitrogen and oxygen atoms in total. The number of unbranched alkanes of at least 4 members (excludes halogenated alkanes) is 1. The zero-order chi connectivity index (χ0) is 15.5. The molecule has 0 aromatic heterocycles. The van der Waals surface area contributed by atoms with Crippen molar-refractivity contribution in [2.45, 2.75) is 95.8 Å². The van der Waals surface area contributed by atoms with Gasteiger partial charge in [0.2, 0.25) is 5.91 Å². The van der Waals surface area contributed by atoms with E-state index in [1.165, 1.54) is 32.1 Å². The summed E-state index contributed by atoms with van der Waals surface area (Å²) in [5.41, 5.74) is 5.09. The molecular formula is C17H33N3O. The maximum atomic E-state index is 11.7. The van der Waals surface area contributed by atoms with Crippen LogP contribution in [-0.2, 0) is 4.79 Å². The lowest BCUT2D eigenvalue weighted by atomic mass is 9.92. The van der Waals surface area contributed by atoms with Crippen molar-refractivity contribution in [2.75, 3.05) is 6.54 Å². The Hall–Kier alpha value is -0.610. The molecule has 1 amide bonds. The maximum absolute atomic E-state index is 11.7. The van der Waals surface area contributed by atoms with Crippen molar-refractivity contribution in [2.24, 2.45) is 5.73 Å². The molecule has 0 bridgehead atoms. The molecule has 3 atom stereocenters. The Labute approximate surface area is 129 Å². The number of carbonyl (C=O) groups is 1. The normalized spacial score (nSPS) is 30.0. The monoisotopic (exact) mass is 295 g/mol. The molecule has 1 aliphatic carbocycles. The van der Waals surface area contributed by atoms with Crippen LogP contribution in [0.1, 0.15) is 72.1 Å². The molecule has 3 N–H and O–H groups in total. The third-order valence-corrected chi connectivity index (χ3v) is 5.36. The van der Waals surface area contributed by atoms with Crippen LogP contribution in [0.3, 0.4) is 0 Å². The Bertz CT molecular complexity index is 346. The van der Waals surface area contributed by atoms with E-state index in [0.717, 1.165) is 25.8 Å². The molecule has 0 radical (unpaired) electrons. The van der Waals surface area contributed by atoms with E-state index in [0.29, 0.717) is 18.1 Å². The largest absolute Gasteiger partial charge is 0.368 e. The predicted molar refractivity (Wildman–Crippen MR) is 87.1 cm³/mol. The average Bonchev–Trinajstić information content (AvgIpc) is 3.21. The third-order valence-electron chi connectivity index (χ3n) is 5.36. The topological polar surface area (TPSA) is 58.4 Å². The minimum atomic E-state index is -0.514. The highest BCUT2D eigenvalue weighted by Gasteiger charge is 2.36. The van der Waals surface area contributed by atoms with Gasteiger partial charge in [0.15, 0.2) is 0 Å². The lowest BCUT2D eigenvalue weighted by molar-refractivity contribution is -0.124. The molecule has 4 heteroatoms. The number of likely N-dealkylation sites (tertiary alicyclic amines) is 1.